The number of alkyl halides is 1. The van der Waals surface area contributed by atoms with Crippen LogP contribution in [0.2, 0.25) is 0 Å². The molecule has 0 radical (unpaired) electrons. The van der Waals surface area contributed by atoms with Gasteiger partial charge >= 0.3 is 0 Å². The van der Waals surface area contributed by atoms with E-state index in [0.717, 1.165) is 18.5 Å². The highest BCUT2D eigenvalue weighted by Crippen LogP contribution is 2.08. The van der Waals surface area contributed by atoms with Crippen LogP contribution >= 0.6 is 11.6 Å². The fraction of sp³-hybridized carbons (Fsp3) is 1.00. The summed E-state index contributed by atoms with van der Waals surface area (Å²) in [7, 11) is 0. The minimum atomic E-state index is 0.748. The lowest BCUT2D eigenvalue weighted by molar-refractivity contribution is 0.105. The highest BCUT2D eigenvalue weighted by atomic mass is 35.5. The lowest BCUT2D eigenvalue weighted by atomic mass is 10.2. The van der Waals surface area contributed by atoms with Crippen molar-refractivity contribution in [3.63, 3.8) is 0 Å². The summed E-state index contributed by atoms with van der Waals surface area (Å²) < 4.78 is 0. The van der Waals surface area contributed by atoms with Crippen molar-refractivity contribution in [2.45, 2.75) is 26.3 Å². The summed E-state index contributed by atoms with van der Waals surface area (Å²) in [4.78, 5) is 5.02. The third-order valence-corrected chi connectivity index (χ3v) is 3.19. The zero-order chi connectivity index (χ0) is 9.68. The minimum Gasteiger partial charge on any atom is -0.300 e. The Morgan fingerprint density at radius 1 is 1.23 bits per heavy atom. The Morgan fingerprint density at radius 2 is 1.85 bits per heavy atom. The summed E-state index contributed by atoms with van der Waals surface area (Å²) in [5.74, 6) is 0.767. The Kier molecular flexibility index (Phi) is 5.07. The molecule has 1 heterocycles. The standard InChI is InChI=1S/C10H21ClN2/c1-3-10(2)13-8-6-12(5-4-11)7-9-13/h10H,3-9H2,1-2H3/t10-/m0/s1. The fourth-order valence-electron chi connectivity index (χ4n) is 1.81. The van der Waals surface area contributed by atoms with Crippen LogP contribution in [0.1, 0.15) is 20.3 Å². The van der Waals surface area contributed by atoms with Crippen molar-refractivity contribution in [2.75, 3.05) is 38.6 Å². The molecular weight excluding hydrogens is 184 g/mol. The van der Waals surface area contributed by atoms with E-state index in [1.807, 2.05) is 0 Å². The highest BCUT2D eigenvalue weighted by molar-refractivity contribution is 6.18. The van der Waals surface area contributed by atoms with Crippen LogP contribution in [-0.4, -0.2) is 54.4 Å². The van der Waals surface area contributed by atoms with E-state index in [1.165, 1.54) is 32.6 Å². The summed E-state index contributed by atoms with van der Waals surface area (Å²) in [5, 5.41) is 0. The minimum absolute atomic E-state index is 0.748. The van der Waals surface area contributed by atoms with Gasteiger partial charge in [0.1, 0.15) is 0 Å². The molecule has 3 heteroatoms. The number of rotatable bonds is 4. The predicted molar refractivity (Wildman–Crippen MR) is 58.5 cm³/mol. The first kappa shape index (κ1) is 11.3. The average molecular weight is 205 g/mol. The maximum absolute atomic E-state index is 5.71. The van der Waals surface area contributed by atoms with Gasteiger partial charge in [-0.15, -0.1) is 11.6 Å². The van der Waals surface area contributed by atoms with Gasteiger partial charge in [-0.2, -0.15) is 0 Å². The predicted octanol–water partition coefficient (Wildman–Crippen LogP) is 1.64. The number of nitrogens with zero attached hydrogens (tertiary/aromatic N) is 2. The SMILES string of the molecule is CC[C@H](C)N1CCN(CCCl)CC1. The Balaban J connectivity index is 2.22. The molecular formula is C10H21ClN2. The van der Waals surface area contributed by atoms with E-state index in [4.69, 9.17) is 11.6 Å². The van der Waals surface area contributed by atoms with Crippen molar-refractivity contribution in [3.05, 3.63) is 0 Å². The van der Waals surface area contributed by atoms with Crippen LogP contribution < -0.4 is 0 Å². The lowest BCUT2D eigenvalue weighted by Crippen LogP contribution is -2.49. The third kappa shape index (κ3) is 3.45. The molecule has 0 spiro atoms. The van der Waals surface area contributed by atoms with Crippen molar-refractivity contribution in [1.82, 2.24) is 9.80 Å². The van der Waals surface area contributed by atoms with Crippen molar-refractivity contribution < 1.29 is 0 Å². The second-order valence-corrected chi connectivity index (χ2v) is 4.20. The topological polar surface area (TPSA) is 6.48 Å². The van der Waals surface area contributed by atoms with Gasteiger partial charge in [0.25, 0.3) is 0 Å². The maximum Gasteiger partial charge on any atom is 0.0351 e. The van der Waals surface area contributed by atoms with E-state index < -0.39 is 0 Å². The van der Waals surface area contributed by atoms with Gasteiger partial charge in [0, 0.05) is 44.6 Å². The number of hydrogen-bond acceptors (Lipinski definition) is 2. The van der Waals surface area contributed by atoms with E-state index in [-0.39, 0.29) is 0 Å². The zero-order valence-electron chi connectivity index (χ0n) is 8.80. The molecule has 78 valence electrons. The summed E-state index contributed by atoms with van der Waals surface area (Å²) >= 11 is 5.71. The van der Waals surface area contributed by atoms with Gasteiger partial charge in [0.2, 0.25) is 0 Å². The molecule has 2 nitrogen and oxygen atoms in total. The molecule has 1 atom stereocenters. The summed E-state index contributed by atoms with van der Waals surface area (Å²) in [6.45, 7) is 10.4. The van der Waals surface area contributed by atoms with Crippen molar-refractivity contribution in [3.8, 4) is 0 Å². The molecule has 1 aliphatic rings. The van der Waals surface area contributed by atoms with Gasteiger partial charge in [-0.25, -0.2) is 0 Å². The lowest BCUT2D eigenvalue weighted by Gasteiger charge is -2.37. The molecule has 0 bridgehead atoms. The molecule has 0 aromatic rings. The number of hydrogen-bond donors (Lipinski definition) is 0. The van der Waals surface area contributed by atoms with Crippen molar-refractivity contribution >= 4 is 11.6 Å². The molecule has 0 amide bonds. The Labute approximate surface area is 86.8 Å². The average Bonchev–Trinajstić information content (AvgIpc) is 2.18. The second-order valence-electron chi connectivity index (χ2n) is 3.82. The van der Waals surface area contributed by atoms with Crippen molar-refractivity contribution in [2.24, 2.45) is 0 Å². The first-order chi connectivity index (χ1) is 6.27. The van der Waals surface area contributed by atoms with Crippen LogP contribution in [0.15, 0.2) is 0 Å². The monoisotopic (exact) mass is 204 g/mol. The second kappa shape index (κ2) is 5.84. The van der Waals surface area contributed by atoms with Crippen LogP contribution in [0.3, 0.4) is 0 Å². The van der Waals surface area contributed by atoms with Crippen LogP contribution in [0.5, 0.6) is 0 Å². The molecule has 1 saturated heterocycles. The number of halogens is 1. The molecule has 0 aromatic carbocycles. The van der Waals surface area contributed by atoms with Crippen LogP contribution in [-0.2, 0) is 0 Å². The summed E-state index contributed by atoms with van der Waals surface area (Å²) in [5.41, 5.74) is 0. The van der Waals surface area contributed by atoms with Gasteiger partial charge in [-0.05, 0) is 13.3 Å². The Hall–Kier alpha value is 0.210. The summed E-state index contributed by atoms with van der Waals surface area (Å²) in [6.07, 6.45) is 1.26. The molecule has 0 N–H and O–H groups in total. The molecule has 1 rings (SSSR count). The zero-order valence-corrected chi connectivity index (χ0v) is 9.56. The molecule has 0 aromatic heterocycles. The van der Waals surface area contributed by atoms with Crippen LogP contribution in [0.4, 0.5) is 0 Å². The van der Waals surface area contributed by atoms with Gasteiger partial charge in [-0.1, -0.05) is 6.92 Å². The molecule has 0 unspecified atom stereocenters. The Bertz CT molecular complexity index is 133. The smallest absolute Gasteiger partial charge is 0.0351 e. The number of piperazine rings is 1. The Morgan fingerprint density at radius 3 is 2.31 bits per heavy atom. The largest absolute Gasteiger partial charge is 0.300 e. The van der Waals surface area contributed by atoms with Gasteiger partial charge in [0.15, 0.2) is 0 Å². The van der Waals surface area contributed by atoms with E-state index in [1.54, 1.807) is 0 Å². The third-order valence-electron chi connectivity index (χ3n) is 3.02. The maximum atomic E-state index is 5.71. The van der Waals surface area contributed by atoms with Gasteiger partial charge < -0.3 is 0 Å². The van der Waals surface area contributed by atoms with Gasteiger partial charge in [0.05, 0.1) is 0 Å². The van der Waals surface area contributed by atoms with Crippen LogP contribution in [0, 0.1) is 0 Å². The quantitative estimate of drug-likeness (QED) is 0.643. The fourth-order valence-corrected chi connectivity index (χ4v) is 2.04. The highest BCUT2D eigenvalue weighted by Gasteiger charge is 2.18. The van der Waals surface area contributed by atoms with E-state index in [2.05, 4.69) is 23.6 Å². The first-order valence-electron chi connectivity index (χ1n) is 5.30. The molecule has 13 heavy (non-hydrogen) atoms. The van der Waals surface area contributed by atoms with Crippen molar-refractivity contribution in [1.29, 1.82) is 0 Å². The normalized spacial score (nSPS) is 23.3. The van der Waals surface area contributed by atoms with E-state index in [9.17, 15) is 0 Å². The van der Waals surface area contributed by atoms with E-state index in [0.29, 0.717) is 0 Å². The summed E-state index contributed by atoms with van der Waals surface area (Å²) in [6, 6.07) is 0.748. The van der Waals surface area contributed by atoms with E-state index >= 15 is 0 Å². The molecule has 0 aliphatic carbocycles. The van der Waals surface area contributed by atoms with Gasteiger partial charge in [-0.3, -0.25) is 9.80 Å². The molecule has 1 fully saturated rings. The molecule has 0 saturated carbocycles. The molecule has 1 aliphatic heterocycles. The van der Waals surface area contributed by atoms with Crippen LogP contribution in [0.25, 0.3) is 0 Å². The first-order valence-corrected chi connectivity index (χ1v) is 5.83.